The van der Waals surface area contributed by atoms with Crippen LogP contribution < -0.4 is 0 Å². The predicted octanol–water partition coefficient (Wildman–Crippen LogP) is 3.60. The van der Waals surface area contributed by atoms with Gasteiger partial charge in [0.2, 0.25) is 0 Å². The maximum absolute atomic E-state index is 5.95. The molecule has 2 rings (SSSR count). The fourth-order valence-electron chi connectivity index (χ4n) is 2.77. The first kappa shape index (κ1) is 19.1. The summed E-state index contributed by atoms with van der Waals surface area (Å²) < 4.78 is 7.87. The van der Waals surface area contributed by atoms with E-state index in [4.69, 9.17) is 24.1 Å². The standard InChI is InChI=1S/C11H15O.CH3.2ClH.Pr.Ru/c1-4-5-11-8(2)6-10(11)7-12-9(11)3;;;;;/h2,4-6,8-10H,7H2,1,3H3;1H3;2*1H;;/q2*-1;;;;+2/p-2/b5-4+;;;;;/t8-,9+,10+,11-;;;;;/m1...../s1. The topological polar surface area (TPSA) is 9.23 Å². The molecule has 2 aliphatic rings. The van der Waals surface area contributed by atoms with Crippen molar-refractivity contribution in [2.45, 2.75) is 20.0 Å². The van der Waals surface area contributed by atoms with Gasteiger partial charge in [-0.05, 0) is 0 Å². The summed E-state index contributed by atoms with van der Waals surface area (Å²) >= 11 is -1.68. The summed E-state index contributed by atoms with van der Waals surface area (Å²) in [6.07, 6.45) is 7.00. The van der Waals surface area contributed by atoms with E-state index < -0.39 is 13.5 Å². The van der Waals surface area contributed by atoms with Crippen LogP contribution in [0.2, 0.25) is 0 Å². The zero-order valence-electron chi connectivity index (χ0n) is 10.3. The van der Waals surface area contributed by atoms with Crippen LogP contribution in [-0.4, -0.2) is 17.3 Å². The van der Waals surface area contributed by atoms with Gasteiger partial charge >= 0.3 is 105 Å². The van der Waals surface area contributed by atoms with Gasteiger partial charge in [-0.2, -0.15) is 0 Å². The molecule has 2 fully saturated rings. The van der Waals surface area contributed by atoms with Crippen molar-refractivity contribution in [1.82, 2.24) is 0 Å². The van der Waals surface area contributed by atoms with E-state index >= 15 is 0 Å². The molecule has 1 nitrogen and oxygen atoms in total. The summed E-state index contributed by atoms with van der Waals surface area (Å²) in [6.45, 7) is 5.05. The molecule has 17 heavy (non-hydrogen) atoms. The van der Waals surface area contributed by atoms with E-state index in [2.05, 4.69) is 37.0 Å². The molecule has 0 unspecified atom stereocenters. The third kappa shape index (κ3) is 3.42. The van der Waals surface area contributed by atoms with Gasteiger partial charge in [0.1, 0.15) is 0 Å². The Labute approximate surface area is 151 Å². The van der Waals surface area contributed by atoms with Crippen LogP contribution in [0.1, 0.15) is 13.8 Å². The molecule has 0 N–H and O–H groups in total. The average Bonchev–Trinajstić information content (AvgIpc) is 2.39. The van der Waals surface area contributed by atoms with Crippen molar-refractivity contribution in [3.63, 3.8) is 0 Å². The molecule has 1 saturated carbocycles. The van der Waals surface area contributed by atoms with Gasteiger partial charge in [0.25, 0.3) is 0 Å². The van der Waals surface area contributed by atoms with E-state index in [1.807, 2.05) is 0 Å². The van der Waals surface area contributed by atoms with Crippen LogP contribution in [0.15, 0.2) is 12.2 Å². The Morgan fingerprint density at radius 3 is 2.59 bits per heavy atom. The summed E-state index contributed by atoms with van der Waals surface area (Å²) in [5, 5.41) is 0. The number of hydrogen-bond acceptors (Lipinski definition) is 1. The van der Waals surface area contributed by atoms with Crippen LogP contribution in [0.25, 0.3) is 0 Å². The fraction of sp³-hybridized carbons (Fsp3) is 0.583. The molecule has 1 heterocycles. The van der Waals surface area contributed by atoms with Crippen LogP contribution in [-0.2, 0) is 18.3 Å². The zero-order chi connectivity index (χ0) is 11.1. The summed E-state index contributed by atoms with van der Waals surface area (Å²) in [6, 6.07) is 0. The molecule has 1 aliphatic carbocycles. The molecule has 1 aliphatic heterocycles. The van der Waals surface area contributed by atoms with Crippen LogP contribution in [0, 0.1) is 72.4 Å². The SMILES string of the molecule is C/C=C/[C@]12[C@H]([CH]=[Ru]([Cl])[Cl])[CH-][C@H]1CO[C@H]2C.[CH3-].[Pr]. The third-order valence-electron chi connectivity index (χ3n) is 3.56. The van der Waals surface area contributed by atoms with E-state index in [0.29, 0.717) is 11.8 Å². The molecule has 0 aromatic heterocycles. The first-order valence-electron chi connectivity index (χ1n) is 5.05. The number of hydrogen-bond donors (Lipinski definition) is 0. The first-order chi connectivity index (χ1) is 7.11. The van der Waals surface area contributed by atoms with Crippen LogP contribution in [0.4, 0.5) is 0 Å². The second-order valence-corrected chi connectivity index (χ2v) is 9.93. The molecule has 0 amide bonds. The molecule has 0 aromatic rings. The van der Waals surface area contributed by atoms with Crippen molar-refractivity contribution in [1.29, 1.82) is 0 Å². The molecule has 0 aromatic carbocycles. The molecule has 0 spiro atoms. The molecule has 1 radical (unpaired) electrons. The molecule has 4 atom stereocenters. The minimum Gasteiger partial charge on any atom is -0.358 e. The van der Waals surface area contributed by atoms with Gasteiger partial charge in [0.15, 0.2) is 0 Å². The molecule has 1 saturated heterocycles. The van der Waals surface area contributed by atoms with Gasteiger partial charge in [-0.25, -0.2) is 0 Å². The Hall–Kier alpha value is 2.14. The summed E-state index contributed by atoms with van der Waals surface area (Å²) in [7, 11) is 11.9. The molecule has 0 bridgehead atoms. The number of ether oxygens (including phenoxy) is 1. The fourth-order valence-corrected chi connectivity index (χ4v) is 5.08. The second-order valence-electron chi connectivity index (χ2n) is 4.12. The Bertz CT molecular complexity index is 310. The summed E-state index contributed by atoms with van der Waals surface area (Å²) in [5.74, 6) is 0.955. The number of halogens is 2. The van der Waals surface area contributed by atoms with E-state index in [1.165, 1.54) is 0 Å². The molecular formula is C12H18Cl2OPrRu-2. The van der Waals surface area contributed by atoms with E-state index in [9.17, 15) is 0 Å². The van der Waals surface area contributed by atoms with Gasteiger partial charge < -0.3 is 7.43 Å². The molecule has 99 valence electrons. The van der Waals surface area contributed by atoms with Gasteiger partial charge in [-0.3, -0.25) is 0 Å². The third-order valence-corrected chi connectivity index (χ3v) is 5.68. The van der Waals surface area contributed by atoms with Gasteiger partial charge in [-0.15, -0.1) is 0 Å². The monoisotopic (exact) mass is 491 g/mol. The quantitative estimate of drug-likeness (QED) is 0.326. The van der Waals surface area contributed by atoms with Gasteiger partial charge in [0.05, 0.1) is 0 Å². The average molecular weight is 491 g/mol. The zero-order valence-corrected chi connectivity index (χ0v) is 17.3. The maximum atomic E-state index is 5.95. The molecule has 5 heteroatoms. The van der Waals surface area contributed by atoms with Crippen LogP contribution in [0.3, 0.4) is 0 Å². The van der Waals surface area contributed by atoms with E-state index in [1.54, 1.807) is 0 Å². The Balaban J connectivity index is 0.00000128. The Kier molecular flexibility index (Phi) is 8.78. The van der Waals surface area contributed by atoms with Crippen LogP contribution in [0.5, 0.6) is 0 Å². The minimum absolute atomic E-state index is 0. The number of rotatable bonds is 2. The van der Waals surface area contributed by atoms with E-state index in [0.717, 1.165) is 6.61 Å². The van der Waals surface area contributed by atoms with Crippen molar-refractivity contribution >= 4 is 24.0 Å². The minimum atomic E-state index is -1.68. The Morgan fingerprint density at radius 2 is 2.12 bits per heavy atom. The second kappa shape index (κ2) is 7.80. The van der Waals surface area contributed by atoms with E-state index in [-0.39, 0.29) is 60.2 Å². The largest absolute Gasteiger partial charge is 0.358 e. The number of allylic oxidation sites excluding steroid dienone is 1. The van der Waals surface area contributed by atoms with Crippen molar-refractivity contribution in [2.24, 2.45) is 17.3 Å². The first-order valence-corrected chi connectivity index (χ1v) is 10.5. The summed E-state index contributed by atoms with van der Waals surface area (Å²) in [4.78, 5) is 0. The normalized spacial score (nSPS) is 39.8. The number of fused-ring (bicyclic) bond motifs is 1. The smallest absolute Gasteiger partial charge is 0 e. The maximum Gasteiger partial charge on any atom is 0 e. The van der Waals surface area contributed by atoms with Crippen LogP contribution >= 0.6 is 19.4 Å². The van der Waals surface area contributed by atoms with Gasteiger partial charge in [0, 0.05) is 41.3 Å². The van der Waals surface area contributed by atoms with Crippen molar-refractivity contribution in [2.75, 3.05) is 6.61 Å². The van der Waals surface area contributed by atoms with Gasteiger partial charge in [-0.1, -0.05) is 0 Å². The predicted molar refractivity (Wildman–Crippen MR) is 68.1 cm³/mol. The van der Waals surface area contributed by atoms with Crippen molar-refractivity contribution in [3.05, 3.63) is 26.0 Å². The molecular weight excluding hydrogens is 473 g/mol. The Morgan fingerprint density at radius 1 is 1.47 bits per heavy atom. The van der Waals surface area contributed by atoms with Crippen molar-refractivity contribution in [3.8, 4) is 0 Å². The van der Waals surface area contributed by atoms with Crippen molar-refractivity contribution < 1.29 is 59.5 Å². The summed E-state index contributed by atoms with van der Waals surface area (Å²) in [5.41, 5.74) is 0.144.